The molecule has 0 fully saturated rings. The summed E-state index contributed by atoms with van der Waals surface area (Å²) >= 11 is 0. The number of ether oxygens (including phenoxy) is 4. The van der Waals surface area contributed by atoms with Crippen LogP contribution >= 0.6 is 0 Å². The first-order chi connectivity index (χ1) is 10.2. The highest BCUT2D eigenvalue weighted by molar-refractivity contribution is 5.51. The Balaban J connectivity index is 2.26. The average molecular weight is 298 g/mol. The van der Waals surface area contributed by atoms with Gasteiger partial charge in [0.25, 0.3) is 0 Å². The molecule has 0 spiro atoms. The molecule has 0 unspecified atom stereocenters. The molecule has 5 heteroatoms. The fraction of sp³-hybridized carbons (Fsp3) is 0.625. The van der Waals surface area contributed by atoms with Gasteiger partial charge in [-0.3, -0.25) is 0 Å². The van der Waals surface area contributed by atoms with Gasteiger partial charge in [-0.2, -0.15) is 0 Å². The molecule has 1 rings (SSSR count). The molecule has 0 aliphatic heterocycles. The van der Waals surface area contributed by atoms with Crippen molar-refractivity contribution in [3.63, 3.8) is 0 Å². The number of para-hydroxylation sites is 1. The van der Waals surface area contributed by atoms with E-state index in [-0.39, 0.29) is 0 Å². The fourth-order valence-electron chi connectivity index (χ4n) is 1.87. The third kappa shape index (κ3) is 6.23. The molecule has 120 valence electrons. The van der Waals surface area contributed by atoms with Crippen LogP contribution in [0.3, 0.4) is 0 Å². The Hall–Kier alpha value is -1.46. The summed E-state index contributed by atoms with van der Waals surface area (Å²) in [6.07, 6.45) is 1.18. The summed E-state index contributed by atoms with van der Waals surface area (Å²) in [6, 6.07) is 6.22. The molecule has 0 amide bonds. The van der Waals surface area contributed by atoms with E-state index in [2.05, 4.69) is 19.2 Å². The predicted molar refractivity (Wildman–Crippen MR) is 82.4 cm³/mol. The van der Waals surface area contributed by atoms with E-state index in [9.17, 15) is 0 Å². The zero-order chi connectivity index (χ0) is 15.5. The Morgan fingerprint density at radius 3 is 2.29 bits per heavy atom. The van der Waals surface area contributed by atoms with Gasteiger partial charge < -0.3 is 24.3 Å². The second-order valence-corrected chi connectivity index (χ2v) is 4.86. The standard InChI is InChI=1S/C16H27NO4/c1-5-13(2)17-9-10-20-11-12-21-16-14(18-3)7-6-8-15(16)19-4/h6-8,13,17H,5,9-12H2,1-4H3/p+1/t13-/m0/s1. The van der Waals surface area contributed by atoms with Crippen LogP contribution in [-0.4, -0.2) is 46.6 Å². The van der Waals surface area contributed by atoms with E-state index in [1.807, 2.05) is 18.2 Å². The molecule has 0 bridgehead atoms. The van der Waals surface area contributed by atoms with Crippen LogP contribution in [-0.2, 0) is 4.74 Å². The lowest BCUT2D eigenvalue weighted by molar-refractivity contribution is -0.687. The van der Waals surface area contributed by atoms with Crippen molar-refractivity contribution in [2.75, 3.05) is 40.6 Å². The molecule has 0 aliphatic carbocycles. The van der Waals surface area contributed by atoms with Gasteiger partial charge >= 0.3 is 0 Å². The average Bonchev–Trinajstić information content (AvgIpc) is 2.53. The fourth-order valence-corrected chi connectivity index (χ4v) is 1.87. The van der Waals surface area contributed by atoms with Gasteiger partial charge in [0, 0.05) is 0 Å². The maximum atomic E-state index is 5.71. The van der Waals surface area contributed by atoms with Gasteiger partial charge in [-0.1, -0.05) is 13.0 Å². The normalized spacial score (nSPS) is 12.0. The number of quaternary nitrogens is 1. The van der Waals surface area contributed by atoms with Gasteiger partial charge in [0.15, 0.2) is 11.5 Å². The monoisotopic (exact) mass is 298 g/mol. The predicted octanol–water partition coefficient (Wildman–Crippen LogP) is 1.46. The molecular formula is C16H28NO4+. The van der Waals surface area contributed by atoms with Crippen LogP contribution < -0.4 is 19.5 Å². The number of nitrogens with two attached hydrogens (primary N) is 1. The van der Waals surface area contributed by atoms with Crippen LogP contribution in [0.1, 0.15) is 20.3 Å². The van der Waals surface area contributed by atoms with Crippen LogP contribution in [0.25, 0.3) is 0 Å². The lowest BCUT2D eigenvalue weighted by Gasteiger charge is -2.14. The van der Waals surface area contributed by atoms with E-state index < -0.39 is 0 Å². The van der Waals surface area contributed by atoms with Crippen molar-refractivity contribution in [3.05, 3.63) is 18.2 Å². The Morgan fingerprint density at radius 1 is 1.05 bits per heavy atom. The van der Waals surface area contributed by atoms with E-state index in [4.69, 9.17) is 18.9 Å². The van der Waals surface area contributed by atoms with Crippen molar-refractivity contribution in [2.24, 2.45) is 0 Å². The molecule has 0 radical (unpaired) electrons. The molecule has 1 aromatic carbocycles. The van der Waals surface area contributed by atoms with Crippen molar-refractivity contribution >= 4 is 0 Å². The quantitative estimate of drug-likeness (QED) is 0.629. The first-order valence-corrected chi connectivity index (χ1v) is 7.47. The number of benzene rings is 1. The molecule has 0 aliphatic rings. The highest BCUT2D eigenvalue weighted by atomic mass is 16.6. The highest BCUT2D eigenvalue weighted by Gasteiger charge is 2.10. The molecule has 5 nitrogen and oxygen atoms in total. The van der Waals surface area contributed by atoms with Crippen LogP contribution in [0.2, 0.25) is 0 Å². The zero-order valence-electron chi connectivity index (χ0n) is 13.6. The molecule has 0 aromatic heterocycles. The van der Waals surface area contributed by atoms with Crippen LogP contribution in [0.4, 0.5) is 0 Å². The molecule has 0 saturated heterocycles. The summed E-state index contributed by atoms with van der Waals surface area (Å²) in [4.78, 5) is 0. The largest absolute Gasteiger partial charge is 0.493 e. The number of hydrogen-bond donors (Lipinski definition) is 1. The third-order valence-corrected chi connectivity index (χ3v) is 3.33. The lowest BCUT2D eigenvalue weighted by Crippen LogP contribution is -2.90. The second kappa shape index (κ2) is 10.3. The minimum Gasteiger partial charge on any atom is -0.493 e. The van der Waals surface area contributed by atoms with E-state index in [0.717, 1.165) is 13.2 Å². The molecule has 21 heavy (non-hydrogen) atoms. The number of hydrogen-bond acceptors (Lipinski definition) is 4. The van der Waals surface area contributed by atoms with Crippen LogP contribution in [0.5, 0.6) is 17.2 Å². The Morgan fingerprint density at radius 2 is 1.71 bits per heavy atom. The first kappa shape index (κ1) is 17.6. The minimum absolute atomic E-state index is 0.472. The third-order valence-electron chi connectivity index (χ3n) is 3.33. The molecule has 0 saturated carbocycles. The molecule has 0 heterocycles. The number of rotatable bonds is 11. The van der Waals surface area contributed by atoms with E-state index >= 15 is 0 Å². The highest BCUT2D eigenvalue weighted by Crippen LogP contribution is 2.36. The topological polar surface area (TPSA) is 53.5 Å². The van der Waals surface area contributed by atoms with Gasteiger partial charge in [0.05, 0.1) is 40.0 Å². The zero-order valence-corrected chi connectivity index (χ0v) is 13.6. The van der Waals surface area contributed by atoms with Crippen molar-refractivity contribution in [3.8, 4) is 17.2 Å². The summed E-state index contributed by atoms with van der Waals surface area (Å²) in [5.41, 5.74) is 0. The van der Waals surface area contributed by atoms with Gasteiger partial charge in [0.2, 0.25) is 5.75 Å². The Kier molecular flexibility index (Phi) is 8.62. The summed E-state index contributed by atoms with van der Waals surface area (Å²) in [6.45, 7) is 7.15. The smallest absolute Gasteiger partial charge is 0.203 e. The minimum atomic E-state index is 0.472. The molecule has 1 aromatic rings. The van der Waals surface area contributed by atoms with Crippen LogP contribution in [0, 0.1) is 0 Å². The van der Waals surface area contributed by atoms with Crippen LogP contribution in [0.15, 0.2) is 18.2 Å². The van der Waals surface area contributed by atoms with Crippen molar-refractivity contribution < 1.29 is 24.3 Å². The van der Waals surface area contributed by atoms with E-state index in [1.165, 1.54) is 6.42 Å². The van der Waals surface area contributed by atoms with Crippen molar-refractivity contribution in [1.29, 1.82) is 0 Å². The first-order valence-electron chi connectivity index (χ1n) is 7.47. The summed E-state index contributed by atoms with van der Waals surface area (Å²) < 4.78 is 21.8. The van der Waals surface area contributed by atoms with Crippen molar-refractivity contribution in [2.45, 2.75) is 26.3 Å². The van der Waals surface area contributed by atoms with Gasteiger partial charge in [-0.25, -0.2) is 0 Å². The maximum Gasteiger partial charge on any atom is 0.203 e. The maximum absolute atomic E-state index is 5.71. The van der Waals surface area contributed by atoms with Gasteiger partial charge in [-0.15, -0.1) is 0 Å². The van der Waals surface area contributed by atoms with E-state index in [0.29, 0.717) is 36.5 Å². The lowest BCUT2D eigenvalue weighted by atomic mass is 10.3. The Labute approximate surface area is 127 Å². The molecule has 2 N–H and O–H groups in total. The second-order valence-electron chi connectivity index (χ2n) is 4.86. The van der Waals surface area contributed by atoms with Crippen molar-refractivity contribution in [1.82, 2.24) is 0 Å². The summed E-state index contributed by atoms with van der Waals surface area (Å²) in [7, 11) is 3.23. The Bertz CT molecular complexity index is 376. The SMILES string of the molecule is CC[C@H](C)[NH2+]CCOCCOc1c(OC)cccc1OC. The van der Waals surface area contributed by atoms with Gasteiger partial charge in [-0.05, 0) is 25.5 Å². The summed E-state index contributed by atoms with van der Waals surface area (Å²) in [5, 5.41) is 2.30. The summed E-state index contributed by atoms with van der Waals surface area (Å²) in [5.74, 6) is 1.95. The molecular weight excluding hydrogens is 270 g/mol. The van der Waals surface area contributed by atoms with Gasteiger partial charge in [0.1, 0.15) is 6.61 Å². The molecule has 1 atom stereocenters. The van der Waals surface area contributed by atoms with E-state index in [1.54, 1.807) is 14.2 Å². The number of methoxy groups -OCH3 is 2.